The molecule has 0 aliphatic carbocycles. The van der Waals surface area contributed by atoms with Crippen molar-refractivity contribution >= 4 is 6.41 Å². The summed E-state index contributed by atoms with van der Waals surface area (Å²) in [5, 5.41) is 0. The SMILES string of the molecule is O=CN1Cc2cc(F)cc(F)c2C1. The Kier molecular flexibility index (Phi) is 1.76. The Labute approximate surface area is 73.8 Å². The van der Waals surface area contributed by atoms with E-state index in [9.17, 15) is 13.6 Å². The van der Waals surface area contributed by atoms with Crippen LogP contribution in [0.3, 0.4) is 0 Å². The van der Waals surface area contributed by atoms with Gasteiger partial charge in [0.1, 0.15) is 11.6 Å². The first-order valence-corrected chi connectivity index (χ1v) is 3.87. The van der Waals surface area contributed by atoms with E-state index in [1.54, 1.807) is 0 Å². The van der Waals surface area contributed by atoms with E-state index in [1.165, 1.54) is 11.0 Å². The Morgan fingerprint density at radius 3 is 2.77 bits per heavy atom. The first-order chi connectivity index (χ1) is 6.20. The van der Waals surface area contributed by atoms with E-state index in [0.717, 1.165) is 6.07 Å². The molecule has 0 atom stereocenters. The third kappa shape index (κ3) is 1.28. The van der Waals surface area contributed by atoms with Crippen molar-refractivity contribution in [1.82, 2.24) is 4.90 Å². The van der Waals surface area contributed by atoms with Gasteiger partial charge in [-0.05, 0) is 11.6 Å². The first kappa shape index (κ1) is 8.16. The maximum Gasteiger partial charge on any atom is 0.210 e. The van der Waals surface area contributed by atoms with E-state index in [4.69, 9.17) is 0 Å². The molecule has 1 amide bonds. The van der Waals surface area contributed by atoms with E-state index in [2.05, 4.69) is 0 Å². The molecule has 68 valence electrons. The average Bonchev–Trinajstić information content (AvgIpc) is 2.47. The number of hydrogen-bond donors (Lipinski definition) is 0. The Bertz CT molecular complexity index is 365. The van der Waals surface area contributed by atoms with Gasteiger partial charge >= 0.3 is 0 Å². The molecule has 0 saturated carbocycles. The van der Waals surface area contributed by atoms with E-state index >= 15 is 0 Å². The van der Waals surface area contributed by atoms with E-state index < -0.39 is 11.6 Å². The van der Waals surface area contributed by atoms with Gasteiger partial charge in [-0.15, -0.1) is 0 Å². The summed E-state index contributed by atoms with van der Waals surface area (Å²) >= 11 is 0. The molecular formula is C9H7F2NO. The zero-order chi connectivity index (χ0) is 9.42. The molecule has 1 aromatic carbocycles. The van der Waals surface area contributed by atoms with E-state index in [0.29, 0.717) is 24.1 Å². The summed E-state index contributed by atoms with van der Waals surface area (Å²) in [6, 6.07) is 2.11. The molecule has 0 saturated heterocycles. The Balaban J connectivity index is 2.45. The predicted octanol–water partition coefficient (Wildman–Crippen LogP) is 1.44. The van der Waals surface area contributed by atoms with Crippen LogP contribution in [-0.4, -0.2) is 11.3 Å². The molecular weight excluding hydrogens is 176 g/mol. The number of carbonyl (C=O) groups is 1. The number of hydrogen-bond acceptors (Lipinski definition) is 1. The lowest BCUT2D eigenvalue weighted by Gasteiger charge is -2.04. The summed E-state index contributed by atoms with van der Waals surface area (Å²) in [5.74, 6) is -1.16. The van der Waals surface area contributed by atoms with Crippen molar-refractivity contribution in [2.75, 3.05) is 0 Å². The van der Waals surface area contributed by atoms with Gasteiger partial charge in [0, 0.05) is 24.7 Å². The lowest BCUT2D eigenvalue weighted by molar-refractivity contribution is -0.118. The fraction of sp³-hybridized carbons (Fsp3) is 0.222. The van der Waals surface area contributed by atoms with Gasteiger partial charge in [-0.25, -0.2) is 8.78 Å². The van der Waals surface area contributed by atoms with Gasteiger partial charge in [0.2, 0.25) is 6.41 Å². The topological polar surface area (TPSA) is 20.3 Å². The van der Waals surface area contributed by atoms with Gasteiger partial charge in [-0.3, -0.25) is 4.79 Å². The highest BCUT2D eigenvalue weighted by Crippen LogP contribution is 2.24. The second kappa shape index (κ2) is 2.80. The number of benzene rings is 1. The largest absolute Gasteiger partial charge is 0.336 e. The van der Waals surface area contributed by atoms with Crippen LogP contribution < -0.4 is 0 Å². The van der Waals surface area contributed by atoms with Crippen LogP contribution in [0, 0.1) is 11.6 Å². The van der Waals surface area contributed by atoms with Gasteiger partial charge in [0.25, 0.3) is 0 Å². The van der Waals surface area contributed by atoms with Gasteiger partial charge in [-0.1, -0.05) is 0 Å². The first-order valence-electron chi connectivity index (χ1n) is 3.87. The van der Waals surface area contributed by atoms with E-state index in [1.807, 2.05) is 0 Å². The zero-order valence-electron chi connectivity index (χ0n) is 6.76. The van der Waals surface area contributed by atoms with Gasteiger partial charge in [0.05, 0.1) is 0 Å². The van der Waals surface area contributed by atoms with Crippen LogP contribution in [0.4, 0.5) is 8.78 Å². The molecule has 0 bridgehead atoms. The minimum Gasteiger partial charge on any atom is -0.336 e. The van der Waals surface area contributed by atoms with Gasteiger partial charge in [-0.2, -0.15) is 0 Å². The number of halogens is 2. The third-order valence-electron chi connectivity index (χ3n) is 2.14. The molecule has 0 unspecified atom stereocenters. The van der Waals surface area contributed by atoms with Crippen molar-refractivity contribution in [3.63, 3.8) is 0 Å². The van der Waals surface area contributed by atoms with Crippen LogP contribution in [0.15, 0.2) is 12.1 Å². The molecule has 2 rings (SSSR count). The average molecular weight is 183 g/mol. The number of rotatable bonds is 1. The summed E-state index contributed by atoms with van der Waals surface area (Å²) in [5.41, 5.74) is 0.984. The number of amides is 1. The smallest absolute Gasteiger partial charge is 0.210 e. The zero-order valence-corrected chi connectivity index (χ0v) is 6.76. The number of nitrogens with zero attached hydrogens (tertiary/aromatic N) is 1. The van der Waals surface area contributed by atoms with E-state index in [-0.39, 0.29) is 6.54 Å². The van der Waals surface area contributed by atoms with Crippen LogP contribution in [0.5, 0.6) is 0 Å². The van der Waals surface area contributed by atoms with Crippen molar-refractivity contribution in [1.29, 1.82) is 0 Å². The van der Waals surface area contributed by atoms with Crippen LogP contribution in [-0.2, 0) is 17.9 Å². The molecule has 0 fully saturated rings. The minimum atomic E-state index is -0.594. The second-order valence-corrected chi connectivity index (χ2v) is 3.04. The van der Waals surface area contributed by atoms with Gasteiger partial charge in [0.15, 0.2) is 0 Å². The summed E-state index contributed by atoms with van der Waals surface area (Å²) in [6.07, 6.45) is 0.636. The predicted molar refractivity (Wildman–Crippen MR) is 41.7 cm³/mol. The van der Waals surface area contributed by atoms with Crippen molar-refractivity contribution in [2.45, 2.75) is 13.1 Å². The maximum atomic E-state index is 13.1. The molecule has 1 aliphatic heterocycles. The lowest BCUT2D eigenvalue weighted by Crippen LogP contribution is -2.12. The maximum absolute atomic E-state index is 13.1. The molecule has 0 radical (unpaired) electrons. The van der Waals surface area contributed by atoms with Crippen LogP contribution in [0.1, 0.15) is 11.1 Å². The highest BCUT2D eigenvalue weighted by molar-refractivity contribution is 5.51. The highest BCUT2D eigenvalue weighted by atomic mass is 19.1. The van der Waals surface area contributed by atoms with Crippen LogP contribution >= 0.6 is 0 Å². The van der Waals surface area contributed by atoms with Crippen molar-refractivity contribution in [2.24, 2.45) is 0 Å². The monoisotopic (exact) mass is 183 g/mol. The lowest BCUT2D eigenvalue weighted by atomic mass is 10.1. The fourth-order valence-corrected chi connectivity index (χ4v) is 1.53. The summed E-state index contributed by atoms with van der Waals surface area (Å²) in [7, 11) is 0. The number of fused-ring (bicyclic) bond motifs is 1. The van der Waals surface area contributed by atoms with Crippen molar-refractivity contribution in [3.8, 4) is 0 Å². The Morgan fingerprint density at radius 1 is 1.31 bits per heavy atom. The summed E-state index contributed by atoms with van der Waals surface area (Å²) in [6.45, 7) is 0.540. The number of carbonyl (C=O) groups excluding carboxylic acids is 1. The quantitative estimate of drug-likeness (QED) is 0.603. The standard InChI is InChI=1S/C9H7F2NO/c10-7-1-6-3-12(5-13)4-8(6)9(11)2-7/h1-2,5H,3-4H2. The molecule has 13 heavy (non-hydrogen) atoms. The molecule has 4 heteroatoms. The molecule has 0 spiro atoms. The van der Waals surface area contributed by atoms with Crippen LogP contribution in [0.25, 0.3) is 0 Å². The van der Waals surface area contributed by atoms with Crippen LogP contribution in [0.2, 0.25) is 0 Å². The van der Waals surface area contributed by atoms with Crippen molar-refractivity contribution in [3.05, 3.63) is 34.9 Å². The second-order valence-electron chi connectivity index (χ2n) is 3.04. The normalized spacial score (nSPS) is 14.5. The van der Waals surface area contributed by atoms with Crippen molar-refractivity contribution < 1.29 is 13.6 Å². The van der Waals surface area contributed by atoms with Gasteiger partial charge < -0.3 is 4.90 Å². The summed E-state index contributed by atoms with van der Waals surface area (Å²) in [4.78, 5) is 11.8. The molecule has 2 nitrogen and oxygen atoms in total. The molecule has 0 N–H and O–H groups in total. The molecule has 1 aliphatic rings. The minimum absolute atomic E-state index is 0.241. The molecule has 0 aromatic heterocycles. The Morgan fingerprint density at radius 2 is 2.08 bits per heavy atom. The Hall–Kier alpha value is -1.45. The summed E-state index contributed by atoms with van der Waals surface area (Å²) < 4.78 is 25.8. The molecule has 1 heterocycles. The molecule has 1 aromatic rings. The third-order valence-corrected chi connectivity index (χ3v) is 2.14. The highest BCUT2D eigenvalue weighted by Gasteiger charge is 2.21. The fourth-order valence-electron chi connectivity index (χ4n) is 1.53.